The molecule has 2 N–H and O–H groups in total. The molecule has 3 heteroatoms. The number of hydrogen-bond acceptors (Lipinski definition) is 2. The predicted molar refractivity (Wildman–Crippen MR) is 90.8 cm³/mol. The first kappa shape index (κ1) is 15.1. The van der Waals surface area contributed by atoms with E-state index in [1.54, 1.807) is 0 Å². The Morgan fingerprint density at radius 2 is 1.80 bits per heavy atom. The van der Waals surface area contributed by atoms with Crippen LogP contribution in [0.5, 0.6) is 0 Å². The Morgan fingerprint density at radius 3 is 2.40 bits per heavy atom. The number of halogens is 1. The molecule has 0 saturated heterocycles. The van der Waals surface area contributed by atoms with Crippen LogP contribution in [0.3, 0.4) is 0 Å². The van der Waals surface area contributed by atoms with E-state index in [1.165, 1.54) is 22.5 Å². The van der Waals surface area contributed by atoms with Crippen LogP contribution in [0.4, 0.5) is 11.4 Å². The minimum absolute atomic E-state index is 0.664. The van der Waals surface area contributed by atoms with Gasteiger partial charge in [0.05, 0.1) is 0 Å². The van der Waals surface area contributed by atoms with E-state index in [-0.39, 0.29) is 0 Å². The Hall–Kier alpha value is -1.32. The third-order valence-electron chi connectivity index (χ3n) is 3.55. The maximum Gasteiger partial charge on any atom is 0.0452 e. The van der Waals surface area contributed by atoms with Crippen LogP contribution in [0.2, 0.25) is 0 Å². The van der Waals surface area contributed by atoms with Gasteiger partial charge < -0.3 is 10.6 Å². The molecule has 2 aromatic rings. The van der Waals surface area contributed by atoms with Gasteiger partial charge in [-0.3, -0.25) is 0 Å². The van der Waals surface area contributed by atoms with Gasteiger partial charge in [-0.1, -0.05) is 41.1 Å². The lowest BCUT2D eigenvalue weighted by atomic mass is 10.1. The molecule has 0 radical (unpaired) electrons. The Kier molecular flexibility index (Phi) is 5.21. The molecule has 0 aromatic heterocycles. The molecule has 0 amide bonds. The molecule has 2 rings (SSSR count). The van der Waals surface area contributed by atoms with E-state index in [9.17, 15) is 0 Å². The van der Waals surface area contributed by atoms with Gasteiger partial charge in [-0.05, 0) is 54.8 Å². The number of aryl methyl sites for hydroxylation is 1. The standard InChI is InChI=1S/C17H21BrN2/c1-3-13-4-8-16(9-5-13)20(2)17-12-15(18)7-6-14(17)10-11-19/h4-9,12H,3,10-11,19H2,1-2H3. The van der Waals surface area contributed by atoms with Crippen LogP contribution in [0.1, 0.15) is 18.1 Å². The van der Waals surface area contributed by atoms with E-state index in [2.05, 4.69) is 77.3 Å². The van der Waals surface area contributed by atoms with Crippen molar-refractivity contribution in [1.82, 2.24) is 0 Å². The minimum Gasteiger partial charge on any atom is -0.344 e. The van der Waals surface area contributed by atoms with E-state index < -0.39 is 0 Å². The summed E-state index contributed by atoms with van der Waals surface area (Å²) in [6.45, 7) is 2.84. The first-order valence-electron chi connectivity index (χ1n) is 6.97. The molecule has 0 saturated carbocycles. The van der Waals surface area contributed by atoms with Crippen molar-refractivity contribution in [2.75, 3.05) is 18.5 Å². The van der Waals surface area contributed by atoms with Crippen LogP contribution in [-0.4, -0.2) is 13.6 Å². The maximum absolute atomic E-state index is 5.71. The average Bonchev–Trinajstić information content (AvgIpc) is 2.48. The Labute approximate surface area is 129 Å². The number of nitrogens with zero attached hydrogens (tertiary/aromatic N) is 1. The van der Waals surface area contributed by atoms with Gasteiger partial charge in [0.2, 0.25) is 0 Å². The summed E-state index contributed by atoms with van der Waals surface area (Å²) < 4.78 is 1.09. The second-order valence-electron chi connectivity index (χ2n) is 4.89. The summed E-state index contributed by atoms with van der Waals surface area (Å²) >= 11 is 3.55. The van der Waals surface area contributed by atoms with E-state index in [4.69, 9.17) is 5.73 Å². The highest BCUT2D eigenvalue weighted by Crippen LogP contribution is 2.30. The van der Waals surface area contributed by atoms with E-state index in [0.29, 0.717) is 6.54 Å². The largest absolute Gasteiger partial charge is 0.344 e. The molecule has 0 unspecified atom stereocenters. The summed E-state index contributed by atoms with van der Waals surface area (Å²) in [5.41, 5.74) is 10.7. The van der Waals surface area contributed by atoms with E-state index in [0.717, 1.165) is 17.3 Å². The van der Waals surface area contributed by atoms with Crippen molar-refractivity contribution in [3.05, 3.63) is 58.1 Å². The monoisotopic (exact) mass is 332 g/mol. The second-order valence-corrected chi connectivity index (χ2v) is 5.81. The highest BCUT2D eigenvalue weighted by Gasteiger charge is 2.09. The second kappa shape index (κ2) is 6.91. The topological polar surface area (TPSA) is 29.3 Å². The van der Waals surface area contributed by atoms with Crippen LogP contribution in [0, 0.1) is 0 Å². The van der Waals surface area contributed by atoms with Gasteiger partial charge in [0, 0.05) is 22.9 Å². The van der Waals surface area contributed by atoms with Crippen molar-refractivity contribution < 1.29 is 0 Å². The summed E-state index contributed by atoms with van der Waals surface area (Å²) in [6.07, 6.45) is 1.96. The van der Waals surface area contributed by atoms with Crippen molar-refractivity contribution in [3.8, 4) is 0 Å². The number of rotatable bonds is 5. The molecular formula is C17H21BrN2. The summed E-state index contributed by atoms with van der Waals surface area (Å²) in [7, 11) is 2.10. The zero-order valence-electron chi connectivity index (χ0n) is 12.1. The maximum atomic E-state index is 5.71. The fourth-order valence-electron chi connectivity index (χ4n) is 2.31. The zero-order valence-corrected chi connectivity index (χ0v) is 13.7. The summed E-state index contributed by atoms with van der Waals surface area (Å²) in [6, 6.07) is 15.1. The Morgan fingerprint density at radius 1 is 1.10 bits per heavy atom. The predicted octanol–water partition coefficient (Wildman–Crippen LogP) is 4.28. The molecule has 0 aliphatic rings. The molecule has 0 fully saturated rings. The third-order valence-corrected chi connectivity index (χ3v) is 4.05. The minimum atomic E-state index is 0.664. The zero-order chi connectivity index (χ0) is 14.5. The number of anilines is 2. The molecule has 2 aromatic carbocycles. The third kappa shape index (κ3) is 3.41. The average molecular weight is 333 g/mol. The molecule has 0 atom stereocenters. The van der Waals surface area contributed by atoms with Crippen molar-refractivity contribution in [2.24, 2.45) is 5.73 Å². The van der Waals surface area contributed by atoms with Gasteiger partial charge in [0.25, 0.3) is 0 Å². The first-order valence-corrected chi connectivity index (χ1v) is 7.76. The van der Waals surface area contributed by atoms with Gasteiger partial charge >= 0.3 is 0 Å². The quantitative estimate of drug-likeness (QED) is 0.885. The van der Waals surface area contributed by atoms with E-state index >= 15 is 0 Å². The van der Waals surface area contributed by atoms with Crippen LogP contribution >= 0.6 is 15.9 Å². The summed E-state index contributed by atoms with van der Waals surface area (Å²) in [5, 5.41) is 0. The molecule has 0 aliphatic heterocycles. The van der Waals surface area contributed by atoms with Gasteiger partial charge in [-0.25, -0.2) is 0 Å². The van der Waals surface area contributed by atoms with Crippen LogP contribution in [0.15, 0.2) is 46.9 Å². The molecule has 2 nitrogen and oxygen atoms in total. The Balaban J connectivity index is 2.35. The fourth-order valence-corrected chi connectivity index (χ4v) is 2.66. The molecule has 0 aliphatic carbocycles. The number of nitrogens with two attached hydrogens (primary N) is 1. The summed E-state index contributed by atoms with van der Waals surface area (Å²) in [5.74, 6) is 0. The van der Waals surface area contributed by atoms with Crippen LogP contribution < -0.4 is 10.6 Å². The molecule has 20 heavy (non-hydrogen) atoms. The lowest BCUT2D eigenvalue weighted by molar-refractivity contribution is 0.960. The van der Waals surface area contributed by atoms with Gasteiger partial charge in [-0.15, -0.1) is 0 Å². The smallest absolute Gasteiger partial charge is 0.0452 e. The number of benzene rings is 2. The lowest BCUT2D eigenvalue weighted by Crippen LogP contribution is -2.13. The van der Waals surface area contributed by atoms with Crippen molar-refractivity contribution in [3.63, 3.8) is 0 Å². The molecule has 0 bridgehead atoms. The van der Waals surface area contributed by atoms with E-state index in [1.807, 2.05) is 0 Å². The fraction of sp³-hybridized carbons (Fsp3) is 0.294. The highest BCUT2D eigenvalue weighted by molar-refractivity contribution is 9.10. The molecular weight excluding hydrogens is 312 g/mol. The van der Waals surface area contributed by atoms with Crippen LogP contribution in [0.25, 0.3) is 0 Å². The molecule has 0 heterocycles. The van der Waals surface area contributed by atoms with Crippen LogP contribution in [-0.2, 0) is 12.8 Å². The molecule has 106 valence electrons. The van der Waals surface area contributed by atoms with Crippen molar-refractivity contribution in [1.29, 1.82) is 0 Å². The first-order chi connectivity index (χ1) is 9.65. The summed E-state index contributed by atoms with van der Waals surface area (Å²) in [4.78, 5) is 2.22. The SMILES string of the molecule is CCc1ccc(N(C)c2cc(Br)ccc2CCN)cc1. The van der Waals surface area contributed by atoms with Gasteiger partial charge in [-0.2, -0.15) is 0 Å². The van der Waals surface area contributed by atoms with Gasteiger partial charge in [0.15, 0.2) is 0 Å². The van der Waals surface area contributed by atoms with Crippen molar-refractivity contribution >= 4 is 27.3 Å². The Bertz CT molecular complexity index is 564. The number of hydrogen-bond donors (Lipinski definition) is 1. The normalized spacial score (nSPS) is 10.6. The lowest BCUT2D eigenvalue weighted by Gasteiger charge is -2.23. The van der Waals surface area contributed by atoms with Gasteiger partial charge in [0.1, 0.15) is 0 Å². The van der Waals surface area contributed by atoms with Crippen molar-refractivity contribution in [2.45, 2.75) is 19.8 Å². The molecule has 0 spiro atoms. The highest BCUT2D eigenvalue weighted by atomic mass is 79.9.